The van der Waals surface area contributed by atoms with Crippen LogP contribution in [0.5, 0.6) is 11.6 Å². The number of anilines is 2. The first kappa shape index (κ1) is 21.5. The zero-order valence-corrected chi connectivity index (χ0v) is 18.8. The van der Waals surface area contributed by atoms with Gasteiger partial charge in [-0.2, -0.15) is 0 Å². The second-order valence-electron chi connectivity index (χ2n) is 7.84. The number of carbonyl (C=O) groups excluding carboxylic acids is 1. The Kier molecular flexibility index (Phi) is 6.20. The topological polar surface area (TPSA) is 89.5 Å². The molecule has 3 heterocycles. The lowest BCUT2D eigenvalue weighted by molar-refractivity contribution is -0.117. The van der Waals surface area contributed by atoms with E-state index in [1.807, 2.05) is 50.1 Å². The van der Waals surface area contributed by atoms with Gasteiger partial charge in [0.05, 0.1) is 12.8 Å². The molecule has 166 valence electrons. The summed E-state index contributed by atoms with van der Waals surface area (Å²) in [5.74, 6) is 2.89. The van der Waals surface area contributed by atoms with E-state index in [-0.39, 0.29) is 11.9 Å². The normalized spacial score (nSPS) is 15.2. The Morgan fingerprint density at radius 3 is 2.50 bits per heavy atom. The van der Waals surface area contributed by atoms with Crippen LogP contribution < -0.4 is 19.7 Å². The monoisotopic (exact) mass is 433 g/mol. The standard InChI is InChI=1S/C24H27N5O3/c1-15-22-23(29(3)16(2)24(30)28-22)27-20(26-15)11-7-17-5-9-19(10-6-17)32-14-18-8-12-21(31-4)25-13-18/h5-6,8-10,12-13,16H,7,11,14H2,1-4H3,(H,28,30). The van der Waals surface area contributed by atoms with Gasteiger partial charge in [0, 0.05) is 31.3 Å². The number of nitrogens with zero attached hydrogens (tertiary/aromatic N) is 4. The third-order valence-electron chi connectivity index (χ3n) is 5.63. The van der Waals surface area contributed by atoms with Crippen molar-refractivity contribution in [2.24, 2.45) is 0 Å². The van der Waals surface area contributed by atoms with Crippen LogP contribution in [0.2, 0.25) is 0 Å². The molecule has 1 unspecified atom stereocenters. The number of methoxy groups -OCH3 is 1. The molecule has 1 atom stereocenters. The fourth-order valence-corrected chi connectivity index (χ4v) is 3.51. The number of likely N-dealkylation sites (N-methyl/N-ethyl adjacent to an activating group) is 1. The van der Waals surface area contributed by atoms with Crippen LogP contribution in [0.3, 0.4) is 0 Å². The Bertz CT molecular complexity index is 1100. The van der Waals surface area contributed by atoms with E-state index >= 15 is 0 Å². The maximum Gasteiger partial charge on any atom is 0.246 e. The Morgan fingerprint density at radius 2 is 1.81 bits per heavy atom. The number of aryl methyl sites for hydroxylation is 3. The van der Waals surface area contributed by atoms with Gasteiger partial charge in [-0.3, -0.25) is 4.79 Å². The average molecular weight is 434 g/mol. The zero-order valence-electron chi connectivity index (χ0n) is 18.8. The van der Waals surface area contributed by atoms with Crippen LogP contribution in [0, 0.1) is 6.92 Å². The van der Waals surface area contributed by atoms with E-state index in [1.54, 1.807) is 13.3 Å². The minimum Gasteiger partial charge on any atom is -0.489 e. The van der Waals surface area contributed by atoms with Gasteiger partial charge in [0.25, 0.3) is 0 Å². The van der Waals surface area contributed by atoms with Crippen molar-refractivity contribution < 1.29 is 14.3 Å². The minimum absolute atomic E-state index is 0.0370. The molecule has 0 saturated heterocycles. The van der Waals surface area contributed by atoms with Crippen molar-refractivity contribution in [3.05, 3.63) is 65.2 Å². The lowest BCUT2D eigenvalue weighted by Crippen LogP contribution is -2.45. The van der Waals surface area contributed by atoms with Gasteiger partial charge in [0.1, 0.15) is 29.9 Å². The number of carbonyl (C=O) groups is 1. The molecule has 1 aromatic carbocycles. The maximum atomic E-state index is 12.1. The fraction of sp³-hybridized carbons (Fsp3) is 0.333. The molecule has 8 heteroatoms. The molecule has 0 radical (unpaired) electrons. The van der Waals surface area contributed by atoms with Gasteiger partial charge in [-0.05, 0) is 44.0 Å². The zero-order chi connectivity index (χ0) is 22.7. The first-order valence-corrected chi connectivity index (χ1v) is 10.6. The molecule has 1 amide bonds. The molecule has 2 aromatic heterocycles. The highest BCUT2D eigenvalue weighted by atomic mass is 16.5. The molecular formula is C24H27N5O3. The van der Waals surface area contributed by atoms with Crippen molar-refractivity contribution in [1.82, 2.24) is 15.0 Å². The van der Waals surface area contributed by atoms with Crippen LogP contribution in [-0.4, -0.2) is 41.1 Å². The highest BCUT2D eigenvalue weighted by Gasteiger charge is 2.30. The van der Waals surface area contributed by atoms with Crippen LogP contribution in [0.15, 0.2) is 42.6 Å². The highest BCUT2D eigenvalue weighted by molar-refractivity contribution is 6.02. The molecule has 0 fully saturated rings. The molecule has 32 heavy (non-hydrogen) atoms. The van der Waals surface area contributed by atoms with Crippen molar-refractivity contribution in [1.29, 1.82) is 0 Å². The summed E-state index contributed by atoms with van der Waals surface area (Å²) < 4.78 is 10.9. The first-order valence-electron chi connectivity index (χ1n) is 10.6. The van der Waals surface area contributed by atoms with E-state index in [0.29, 0.717) is 24.6 Å². The molecular weight excluding hydrogens is 406 g/mol. The summed E-state index contributed by atoms with van der Waals surface area (Å²) >= 11 is 0. The second kappa shape index (κ2) is 9.21. The molecule has 1 aliphatic rings. The van der Waals surface area contributed by atoms with Crippen LogP contribution in [0.4, 0.5) is 11.5 Å². The molecule has 1 aliphatic heterocycles. The van der Waals surface area contributed by atoms with Crippen molar-refractivity contribution in [3.8, 4) is 11.6 Å². The average Bonchev–Trinajstić information content (AvgIpc) is 2.82. The van der Waals surface area contributed by atoms with E-state index in [4.69, 9.17) is 14.5 Å². The highest BCUT2D eigenvalue weighted by Crippen LogP contribution is 2.31. The lowest BCUT2D eigenvalue weighted by Gasteiger charge is -2.32. The van der Waals surface area contributed by atoms with Gasteiger partial charge in [-0.15, -0.1) is 0 Å². The first-order chi connectivity index (χ1) is 15.4. The number of ether oxygens (including phenoxy) is 2. The Labute approximate surface area is 187 Å². The number of aromatic nitrogens is 3. The summed E-state index contributed by atoms with van der Waals surface area (Å²) in [6.45, 7) is 4.21. The molecule has 3 aromatic rings. The van der Waals surface area contributed by atoms with Crippen molar-refractivity contribution in [2.75, 3.05) is 24.4 Å². The van der Waals surface area contributed by atoms with Gasteiger partial charge in [0.2, 0.25) is 11.8 Å². The lowest BCUT2D eigenvalue weighted by atomic mass is 10.1. The van der Waals surface area contributed by atoms with Gasteiger partial charge in [-0.1, -0.05) is 12.1 Å². The summed E-state index contributed by atoms with van der Waals surface area (Å²) in [5.41, 5.74) is 3.64. The summed E-state index contributed by atoms with van der Waals surface area (Å²) in [6.07, 6.45) is 3.27. The number of hydrogen-bond donors (Lipinski definition) is 1. The molecule has 0 saturated carbocycles. The molecule has 0 aliphatic carbocycles. The van der Waals surface area contributed by atoms with Gasteiger partial charge < -0.3 is 19.7 Å². The van der Waals surface area contributed by atoms with E-state index in [0.717, 1.165) is 35.1 Å². The van der Waals surface area contributed by atoms with Gasteiger partial charge in [-0.25, -0.2) is 15.0 Å². The van der Waals surface area contributed by atoms with E-state index < -0.39 is 0 Å². The molecule has 4 rings (SSSR count). The second-order valence-corrected chi connectivity index (χ2v) is 7.84. The minimum atomic E-state index is -0.258. The quantitative estimate of drug-likeness (QED) is 0.611. The predicted molar refractivity (Wildman–Crippen MR) is 122 cm³/mol. The van der Waals surface area contributed by atoms with Crippen LogP contribution in [0.1, 0.15) is 29.6 Å². The van der Waals surface area contributed by atoms with Crippen LogP contribution in [0.25, 0.3) is 0 Å². The van der Waals surface area contributed by atoms with Crippen LogP contribution >= 0.6 is 0 Å². The summed E-state index contributed by atoms with van der Waals surface area (Å²) in [5, 5.41) is 2.92. The Morgan fingerprint density at radius 1 is 1.06 bits per heavy atom. The van der Waals surface area contributed by atoms with E-state index in [2.05, 4.69) is 27.4 Å². The summed E-state index contributed by atoms with van der Waals surface area (Å²) in [7, 11) is 3.48. The third kappa shape index (κ3) is 4.64. The van der Waals surface area contributed by atoms with Gasteiger partial charge >= 0.3 is 0 Å². The van der Waals surface area contributed by atoms with Crippen molar-refractivity contribution >= 4 is 17.4 Å². The number of rotatable bonds is 7. The maximum absolute atomic E-state index is 12.1. The molecule has 8 nitrogen and oxygen atoms in total. The van der Waals surface area contributed by atoms with Crippen molar-refractivity contribution in [3.63, 3.8) is 0 Å². The van der Waals surface area contributed by atoms with Crippen molar-refractivity contribution in [2.45, 2.75) is 39.3 Å². The number of fused-ring (bicyclic) bond motifs is 1. The molecule has 0 spiro atoms. The van der Waals surface area contributed by atoms with Crippen LogP contribution in [-0.2, 0) is 24.2 Å². The number of pyridine rings is 1. The SMILES string of the molecule is COc1ccc(COc2ccc(CCc3nc(C)c4c(n3)N(C)C(C)C(=O)N4)cc2)cn1. The van der Waals surface area contributed by atoms with E-state index in [9.17, 15) is 4.79 Å². The largest absolute Gasteiger partial charge is 0.489 e. The molecule has 1 N–H and O–H groups in total. The van der Waals surface area contributed by atoms with E-state index in [1.165, 1.54) is 5.56 Å². The predicted octanol–water partition coefficient (Wildman–Crippen LogP) is 3.33. The number of amides is 1. The smallest absolute Gasteiger partial charge is 0.246 e. The summed E-state index contributed by atoms with van der Waals surface area (Å²) in [4.78, 5) is 27.5. The van der Waals surface area contributed by atoms with Gasteiger partial charge in [0.15, 0.2) is 5.82 Å². The Balaban J connectivity index is 1.36. The Hall–Kier alpha value is -3.68. The fourth-order valence-electron chi connectivity index (χ4n) is 3.51. The summed E-state index contributed by atoms with van der Waals surface area (Å²) in [6, 6.07) is 11.5. The third-order valence-corrected chi connectivity index (χ3v) is 5.63. The number of nitrogens with one attached hydrogen (secondary N) is 1. The number of hydrogen-bond acceptors (Lipinski definition) is 7. The number of benzene rings is 1. The molecule has 0 bridgehead atoms.